The number of hydrogen-bond acceptors (Lipinski definition) is 7. The summed E-state index contributed by atoms with van der Waals surface area (Å²) in [6.07, 6.45) is 5.62. The van der Waals surface area contributed by atoms with E-state index >= 15 is 0 Å². The van der Waals surface area contributed by atoms with Crippen molar-refractivity contribution in [2.24, 2.45) is 5.41 Å². The van der Waals surface area contributed by atoms with Crippen molar-refractivity contribution in [2.75, 3.05) is 37.6 Å². The van der Waals surface area contributed by atoms with Gasteiger partial charge in [-0.3, -0.25) is 4.79 Å². The Hall–Kier alpha value is -3.49. The molecular weight excluding hydrogens is 454 g/mol. The molecule has 11 heteroatoms. The SMILES string of the molecule is N#CCCNS(=O)(=O)c1ccc(C(=O)N2CCN(c3ncnc4[nH]ccc34)CC3(CC3)C2)cc1. The molecule has 1 saturated carbocycles. The van der Waals surface area contributed by atoms with Gasteiger partial charge in [-0.1, -0.05) is 0 Å². The lowest BCUT2D eigenvalue weighted by molar-refractivity contribution is 0.0740. The zero-order valence-corrected chi connectivity index (χ0v) is 19.4. The fourth-order valence-electron chi connectivity index (χ4n) is 4.50. The second-order valence-corrected chi connectivity index (χ2v) is 10.7. The number of amides is 1. The highest BCUT2D eigenvalue weighted by molar-refractivity contribution is 7.89. The molecule has 0 unspecified atom stereocenters. The normalized spacial score (nSPS) is 17.5. The smallest absolute Gasteiger partial charge is 0.253 e. The summed E-state index contributed by atoms with van der Waals surface area (Å²) in [4.78, 5) is 29.5. The minimum Gasteiger partial charge on any atom is -0.354 e. The highest BCUT2D eigenvalue weighted by Gasteiger charge is 2.48. The van der Waals surface area contributed by atoms with E-state index in [0.29, 0.717) is 25.2 Å². The summed E-state index contributed by atoms with van der Waals surface area (Å²) in [5, 5.41) is 9.57. The lowest BCUT2D eigenvalue weighted by Gasteiger charge is -2.25. The van der Waals surface area contributed by atoms with Crippen LogP contribution in [0.1, 0.15) is 29.6 Å². The Kier molecular flexibility index (Phi) is 5.71. The van der Waals surface area contributed by atoms with Crippen LogP contribution < -0.4 is 9.62 Å². The Balaban J connectivity index is 1.32. The standard InChI is InChI=1S/C23H25N7O3S/c24-9-1-10-28-34(32,33)18-4-2-17(3-5-18)22(31)30-13-12-29(14-23(15-30)7-8-23)21-19-6-11-25-20(19)26-16-27-21/h2-6,11,16,28H,1,7-8,10,12-15H2,(H,25,26,27). The zero-order chi connectivity index (χ0) is 23.8. The first-order chi connectivity index (χ1) is 16.4. The molecule has 0 atom stereocenters. The zero-order valence-electron chi connectivity index (χ0n) is 18.6. The van der Waals surface area contributed by atoms with E-state index in [1.165, 1.54) is 12.1 Å². The fraction of sp³-hybridized carbons (Fsp3) is 0.391. The number of carbonyl (C=O) groups excluding carboxylic acids is 1. The molecule has 10 nitrogen and oxygen atoms in total. The summed E-state index contributed by atoms with van der Waals surface area (Å²) >= 11 is 0. The summed E-state index contributed by atoms with van der Waals surface area (Å²) in [6.45, 7) is 2.75. The van der Waals surface area contributed by atoms with Gasteiger partial charge in [-0.15, -0.1) is 0 Å². The van der Waals surface area contributed by atoms with Crippen LogP contribution in [-0.4, -0.2) is 66.9 Å². The number of aromatic amines is 1. The number of nitrogens with zero attached hydrogens (tertiary/aromatic N) is 5. The predicted molar refractivity (Wildman–Crippen MR) is 126 cm³/mol. The van der Waals surface area contributed by atoms with Crippen molar-refractivity contribution in [3.05, 3.63) is 48.4 Å². The monoisotopic (exact) mass is 479 g/mol. The van der Waals surface area contributed by atoms with Crippen molar-refractivity contribution in [1.29, 1.82) is 5.26 Å². The summed E-state index contributed by atoms with van der Waals surface area (Å²) in [5.41, 5.74) is 1.30. The summed E-state index contributed by atoms with van der Waals surface area (Å²) in [6, 6.07) is 9.85. The van der Waals surface area contributed by atoms with E-state index in [1.54, 1.807) is 18.5 Å². The topological polar surface area (TPSA) is 135 Å². The third-order valence-electron chi connectivity index (χ3n) is 6.51. The molecule has 3 heterocycles. The Morgan fingerprint density at radius 1 is 1.15 bits per heavy atom. The molecule has 34 heavy (non-hydrogen) atoms. The first-order valence-corrected chi connectivity index (χ1v) is 12.7. The van der Waals surface area contributed by atoms with Gasteiger partial charge in [0.1, 0.15) is 17.8 Å². The highest BCUT2D eigenvalue weighted by Crippen LogP contribution is 2.48. The molecule has 2 fully saturated rings. The number of nitriles is 1. The van der Waals surface area contributed by atoms with Crippen molar-refractivity contribution in [2.45, 2.75) is 24.2 Å². The van der Waals surface area contributed by atoms with Gasteiger partial charge in [0, 0.05) is 56.3 Å². The molecule has 1 amide bonds. The second-order valence-electron chi connectivity index (χ2n) is 8.92. The molecule has 5 rings (SSSR count). The Labute approximate surface area is 197 Å². The van der Waals surface area contributed by atoms with Gasteiger partial charge < -0.3 is 14.8 Å². The molecule has 1 aromatic carbocycles. The minimum atomic E-state index is -3.71. The van der Waals surface area contributed by atoms with E-state index < -0.39 is 10.0 Å². The van der Waals surface area contributed by atoms with Gasteiger partial charge >= 0.3 is 0 Å². The lowest BCUT2D eigenvalue weighted by Crippen LogP contribution is -2.36. The number of nitrogens with one attached hydrogen (secondary N) is 2. The third kappa shape index (κ3) is 4.34. The van der Waals surface area contributed by atoms with Crippen LogP contribution in [0.3, 0.4) is 0 Å². The quantitative estimate of drug-likeness (QED) is 0.516. The van der Waals surface area contributed by atoms with Crippen LogP contribution in [-0.2, 0) is 10.0 Å². The Morgan fingerprint density at radius 2 is 1.94 bits per heavy atom. The first kappa shape index (κ1) is 22.3. The van der Waals surface area contributed by atoms with Crippen molar-refractivity contribution >= 4 is 32.8 Å². The molecule has 0 radical (unpaired) electrons. The number of benzene rings is 1. The van der Waals surface area contributed by atoms with Crippen LogP contribution in [0.5, 0.6) is 0 Å². The van der Waals surface area contributed by atoms with Crippen molar-refractivity contribution < 1.29 is 13.2 Å². The molecule has 1 aliphatic carbocycles. The molecule has 1 spiro atoms. The van der Waals surface area contributed by atoms with Crippen molar-refractivity contribution in [1.82, 2.24) is 24.6 Å². The van der Waals surface area contributed by atoms with Crippen LogP contribution in [0.25, 0.3) is 11.0 Å². The fourth-order valence-corrected chi connectivity index (χ4v) is 5.53. The molecule has 0 bridgehead atoms. The average molecular weight is 480 g/mol. The minimum absolute atomic E-state index is 0.0489. The van der Waals surface area contributed by atoms with Gasteiger partial charge in [0.25, 0.3) is 5.91 Å². The maximum absolute atomic E-state index is 13.3. The number of hydrogen-bond donors (Lipinski definition) is 2. The molecule has 1 aliphatic heterocycles. The molecule has 176 valence electrons. The van der Waals surface area contributed by atoms with Crippen molar-refractivity contribution in [3.63, 3.8) is 0 Å². The molecule has 3 aromatic rings. The summed E-state index contributed by atoms with van der Waals surface area (Å²) < 4.78 is 27.1. The van der Waals surface area contributed by atoms with Gasteiger partial charge in [0.2, 0.25) is 10.0 Å². The first-order valence-electron chi connectivity index (χ1n) is 11.2. The van der Waals surface area contributed by atoms with E-state index in [2.05, 4.69) is 24.6 Å². The van der Waals surface area contributed by atoms with E-state index in [4.69, 9.17) is 5.26 Å². The molecule has 2 aromatic heterocycles. The number of carbonyl (C=O) groups is 1. The number of sulfonamides is 1. The van der Waals surface area contributed by atoms with Gasteiger partial charge in [0.15, 0.2) is 0 Å². The lowest BCUT2D eigenvalue weighted by atomic mass is 10.1. The molecule has 2 aliphatic rings. The van der Waals surface area contributed by atoms with E-state index in [9.17, 15) is 13.2 Å². The van der Waals surface area contributed by atoms with Gasteiger partial charge in [-0.2, -0.15) is 5.26 Å². The molecule has 2 N–H and O–H groups in total. The van der Waals surface area contributed by atoms with Crippen LogP contribution in [0.15, 0.2) is 47.8 Å². The second kappa shape index (κ2) is 8.70. The average Bonchev–Trinajstić information content (AvgIpc) is 3.48. The van der Waals surface area contributed by atoms with E-state index in [0.717, 1.165) is 36.2 Å². The molecule has 1 saturated heterocycles. The van der Waals surface area contributed by atoms with Crippen LogP contribution in [0, 0.1) is 16.7 Å². The van der Waals surface area contributed by atoms with E-state index in [-0.39, 0.29) is 29.2 Å². The van der Waals surface area contributed by atoms with Gasteiger partial charge in [0.05, 0.1) is 16.4 Å². The maximum Gasteiger partial charge on any atom is 0.253 e. The number of fused-ring (bicyclic) bond motifs is 1. The number of H-pyrrole nitrogens is 1. The third-order valence-corrected chi connectivity index (χ3v) is 7.99. The van der Waals surface area contributed by atoms with Crippen LogP contribution in [0.2, 0.25) is 0 Å². The summed E-state index contributed by atoms with van der Waals surface area (Å²) in [7, 11) is -3.71. The van der Waals surface area contributed by atoms with Crippen molar-refractivity contribution in [3.8, 4) is 6.07 Å². The highest BCUT2D eigenvalue weighted by atomic mass is 32.2. The predicted octanol–water partition coefficient (Wildman–Crippen LogP) is 1.89. The molecular formula is C23H25N7O3S. The Morgan fingerprint density at radius 3 is 2.68 bits per heavy atom. The van der Waals surface area contributed by atoms with E-state index in [1.807, 2.05) is 23.2 Å². The van der Waals surface area contributed by atoms with Crippen LogP contribution in [0.4, 0.5) is 5.82 Å². The number of aromatic nitrogens is 3. The number of anilines is 1. The maximum atomic E-state index is 13.3. The number of rotatable bonds is 6. The summed E-state index contributed by atoms with van der Waals surface area (Å²) in [5.74, 6) is 0.772. The van der Waals surface area contributed by atoms with Gasteiger partial charge in [-0.05, 0) is 43.2 Å². The van der Waals surface area contributed by atoms with Crippen LogP contribution >= 0.6 is 0 Å². The largest absolute Gasteiger partial charge is 0.354 e. The van der Waals surface area contributed by atoms with Gasteiger partial charge in [-0.25, -0.2) is 23.1 Å². The Bertz CT molecular complexity index is 1360.